The van der Waals surface area contributed by atoms with Gasteiger partial charge in [0.25, 0.3) is 0 Å². The van der Waals surface area contributed by atoms with Crippen LogP contribution < -0.4 is 14.8 Å². The quantitative estimate of drug-likeness (QED) is 0.448. The lowest BCUT2D eigenvalue weighted by molar-refractivity contribution is -0.0312. The lowest BCUT2D eigenvalue weighted by Gasteiger charge is -2.38. The number of benzene rings is 2. The number of aliphatic hydroxyl groups excluding tert-OH is 1. The summed E-state index contributed by atoms with van der Waals surface area (Å²) in [6.07, 6.45) is 2.25. The minimum absolute atomic E-state index is 0.00995. The second-order valence-electron chi connectivity index (χ2n) is 9.60. The maximum absolute atomic E-state index is 13.1. The largest absolute Gasteiger partial charge is 0.497 e. The standard InChI is InChI=1S/C25H34N2O8S2/c1-33-21-5-3-8-24(13-21)37(31,32)27-11-9-25(10-12-27)15-19(17-35-25)26-16-20(28)18-34-22-6-4-7-23(14-22)36(2,29)30/h3-8,13-14,19-20,26,28H,9-12,15-18H2,1-2H3/t19?,20-/m0/s1. The summed E-state index contributed by atoms with van der Waals surface area (Å²) in [6, 6.07) is 12.7. The predicted molar refractivity (Wildman–Crippen MR) is 137 cm³/mol. The molecule has 10 nitrogen and oxygen atoms in total. The van der Waals surface area contributed by atoms with Gasteiger partial charge in [-0.25, -0.2) is 16.8 Å². The maximum Gasteiger partial charge on any atom is 0.243 e. The molecule has 12 heteroatoms. The van der Waals surface area contributed by atoms with Gasteiger partial charge in [0.05, 0.1) is 29.1 Å². The number of hydrogen-bond acceptors (Lipinski definition) is 9. The zero-order valence-electron chi connectivity index (χ0n) is 21.0. The molecule has 2 fully saturated rings. The fourth-order valence-corrected chi connectivity index (χ4v) is 6.85. The van der Waals surface area contributed by atoms with Crippen LogP contribution in [0.5, 0.6) is 11.5 Å². The minimum atomic E-state index is -3.61. The van der Waals surface area contributed by atoms with E-state index in [4.69, 9.17) is 14.2 Å². The number of piperidine rings is 1. The molecule has 2 heterocycles. The fourth-order valence-electron chi connectivity index (χ4n) is 4.72. The van der Waals surface area contributed by atoms with Crippen LogP contribution in [0.25, 0.3) is 0 Å². The van der Waals surface area contributed by atoms with Crippen LogP contribution in [-0.2, 0) is 24.6 Å². The Hall–Kier alpha value is -2.22. The van der Waals surface area contributed by atoms with Crippen molar-refractivity contribution in [3.8, 4) is 11.5 Å². The number of sulfone groups is 1. The highest BCUT2D eigenvalue weighted by Crippen LogP contribution is 2.37. The van der Waals surface area contributed by atoms with E-state index in [-0.39, 0.29) is 34.6 Å². The van der Waals surface area contributed by atoms with Crippen molar-refractivity contribution in [2.75, 3.05) is 46.2 Å². The van der Waals surface area contributed by atoms with E-state index in [0.29, 0.717) is 44.0 Å². The Balaban J connectivity index is 1.23. The lowest BCUT2D eigenvalue weighted by atomic mass is 9.88. The highest BCUT2D eigenvalue weighted by molar-refractivity contribution is 7.90. The van der Waals surface area contributed by atoms with Crippen LogP contribution in [0.2, 0.25) is 0 Å². The first kappa shape index (κ1) is 27.8. The van der Waals surface area contributed by atoms with Crippen molar-refractivity contribution in [1.82, 2.24) is 9.62 Å². The molecular formula is C25H34N2O8S2. The van der Waals surface area contributed by atoms with Gasteiger partial charge in [0.2, 0.25) is 10.0 Å². The Labute approximate surface area is 218 Å². The van der Waals surface area contributed by atoms with Gasteiger partial charge in [-0.05, 0) is 49.6 Å². The van der Waals surface area contributed by atoms with Crippen molar-refractivity contribution in [2.45, 2.75) is 46.8 Å². The summed E-state index contributed by atoms with van der Waals surface area (Å²) in [5.74, 6) is 0.874. The summed E-state index contributed by atoms with van der Waals surface area (Å²) < 4.78 is 67.9. The average molecular weight is 555 g/mol. The number of aliphatic hydroxyl groups is 1. The topological polar surface area (TPSA) is 131 Å². The molecule has 37 heavy (non-hydrogen) atoms. The first-order valence-electron chi connectivity index (χ1n) is 12.1. The summed E-state index contributed by atoms with van der Waals surface area (Å²) >= 11 is 0. The number of ether oxygens (including phenoxy) is 3. The molecule has 1 unspecified atom stereocenters. The van der Waals surface area contributed by atoms with Crippen LogP contribution in [0.15, 0.2) is 58.3 Å². The van der Waals surface area contributed by atoms with Gasteiger partial charge in [0, 0.05) is 38.0 Å². The van der Waals surface area contributed by atoms with Crippen molar-refractivity contribution in [1.29, 1.82) is 0 Å². The third-order valence-electron chi connectivity index (χ3n) is 6.84. The van der Waals surface area contributed by atoms with E-state index in [2.05, 4.69) is 5.32 Å². The van der Waals surface area contributed by atoms with Crippen LogP contribution in [0, 0.1) is 0 Å². The zero-order valence-corrected chi connectivity index (χ0v) is 22.6. The molecule has 2 aliphatic heterocycles. The molecule has 0 amide bonds. The summed E-state index contributed by atoms with van der Waals surface area (Å²) in [7, 11) is -5.45. The number of nitrogens with zero attached hydrogens (tertiary/aromatic N) is 1. The van der Waals surface area contributed by atoms with Crippen molar-refractivity contribution >= 4 is 19.9 Å². The van der Waals surface area contributed by atoms with E-state index in [1.165, 1.54) is 29.6 Å². The summed E-state index contributed by atoms with van der Waals surface area (Å²) in [5, 5.41) is 13.7. The van der Waals surface area contributed by atoms with Crippen LogP contribution in [-0.4, -0.2) is 90.2 Å². The van der Waals surface area contributed by atoms with Crippen LogP contribution in [0.3, 0.4) is 0 Å². The van der Waals surface area contributed by atoms with E-state index in [1.54, 1.807) is 30.3 Å². The van der Waals surface area contributed by atoms with E-state index in [9.17, 15) is 21.9 Å². The Morgan fingerprint density at radius 2 is 1.73 bits per heavy atom. The van der Waals surface area contributed by atoms with E-state index in [0.717, 1.165) is 12.7 Å². The van der Waals surface area contributed by atoms with Crippen molar-refractivity contribution < 1.29 is 36.2 Å². The molecule has 2 aromatic carbocycles. The second kappa shape index (κ2) is 11.3. The van der Waals surface area contributed by atoms with Gasteiger partial charge in [-0.2, -0.15) is 4.31 Å². The molecule has 2 atom stereocenters. The molecule has 0 bridgehead atoms. The molecule has 0 aliphatic carbocycles. The predicted octanol–water partition coefficient (Wildman–Crippen LogP) is 1.44. The highest BCUT2D eigenvalue weighted by atomic mass is 32.2. The van der Waals surface area contributed by atoms with Crippen LogP contribution >= 0.6 is 0 Å². The fraction of sp³-hybridized carbons (Fsp3) is 0.520. The number of hydrogen-bond donors (Lipinski definition) is 2. The number of sulfonamides is 1. The van der Waals surface area contributed by atoms with Gasteiger partial charge in [-0.15, -0.1) is 0 Å². The van der Waals surface area contributed by atoms with E-state index in [1.807, 2.05) is 0 Å². The van der Waals surface area contributed by atoms with Gasteiger partial charge in [0.1, 0.15) is 24.2 Å². The zero-order chi connectivity index (χ0) is 26.7. The van der Waals surface area contributed by atoms with Crippen LogP contribution in [0.1, 0.15) is 19.3 Å². The normalized spacial score (nSPS) is 21.1. The van der Waals surface area contributed by atoms with Gasteiger partial charge in [0.15, 0.2) is 9.84 Å². The van der Waals surface area contributed by atoms with E-state index < -0.39 is 26.0 Å². The van der Waals surface area contributed by atoms with Gasteiger partial charge >= 0.3 is 0 Å². The minimum Gasteiger partial charge on any atom is -0.497 e. The Morgan fingerprint density at radius 1 is 1.08 bits per heavy atom. The Morgan fingerprint density at radius 3 is 2.41 bits per heavy atom. The smallest absolute Gasteiger partial charge is 0.243 e. The molecule has 4 rings (SSSR count). The molecule has 0 saturated carbocycles. The molecule has 1 spiro atoms. The summed E-state index contributed by atoms with van der Waals surface area (Å²) in [6.45, 7) is 1.51. The second-order valence-corrected chi connectivity index (χ2v) is 13.6. The van der Waals surface area contributed by atoms with Crippen molar-refractivity contribution in [2.24, 2.45) is 0 Å². The van der Waals surface area contributed by atoms with Crippen molar-refractivity contribution in [3.63, 3.8) is 0 Å². The number of rotatable bonds is 10. The summed E-state index contributed by atoms with van der Waals surface area (Å²) in [5.41, 5.74) is -0.383. The third-order valence-corrected chi connectivity index (χ3v) is 9.84. The summed E-state index contributed by atoms with van der Waals surface area (Å²) in [4.78, 5) is 0.377. The van der Waals surface area contributed by atoms with Gasteiger partial charge < -0.3 is 24.6 Å². The van der Waals surface area contributed by atoms with Gasteiger partial charge in [-0.1, -0.05) is 12.1 Å². The Kier molecular flexibility index (Phi) is 8.46. The SMILES string of the molecule is COc1cccc(S(=O)(=O)N2CCC3(CC2)CC(NC[C@H](O)COc2cccc(S(C)(=O)=O)c2)CO3)c1. The lowest BCUT2D eigenvalue weighted by Crippen LogP contribution is -2.47. The molecule has 0 radical (unpaired) electrons. The van der Waals surface area contributed by atoms with Gasteiger partial charge in [-0.3, -0.25) is 0 Å². The molecule has 2 N–H and O–H groups in total. The molecule has 2 aromatic rings. The Bertz CT molecular complexity index is 1290. The van der Waals surface area contributed by atoms with E-state index >= 15 is 0 Å². The molecule has 2 aliphatic rings. The monoisotopic (exact) mass is 554 g/mol. The highest BCUT2D eigenvalue weighted by Gasteiger charge is 2.44. The molecular weight excluding hydrogens is 520 g/mol. The van der Waals surface area contributed by atoms with Crippen LogP contribution in [0.4, 0.5) is 0 Å². The maximum atomic E-state index is 13.1. The first-order valence-corrected chi connectivity index (χ1v) is 15.5. The third kappa shape index (κ3) is 6.81. The number of nitrogens with one attached hydrogen (secondary N) is 1. The molecule has 2 saturated heterocycles. The first-order chi connectivity index (χ1) is 17.5. The average Bonchev–Trinajstić information content (AvgIpc) is 3.28. The number of methoxy groups -OCH3 is 1. The molecule has 204 valence electrons. The molecule has 0 aromatic heterocycles. The van der Waals surface area contributed by atoms with Crippen molar-refractivity contribution in [3.05, 3.63) is 48.5 Å².